The van der Waals surface area contributed by atoms with Gasteiger partial charge in [-0.3, -0.25) is 0 Å². The van der Waals surface area contributed by atoms with Gasteiger partial charge in [0.2, 0.25) is 0 Å². The molecule has 306 valence electrons. The van der Waals surface area contributed by atoms with Crippen LogP contribution in [0.5, 0.6) is 0 Å². The molecular formula is C59H50N2SSi. The van der Waals surface area contributed by atoms with Crippen LogP contribution < -0.4 is 20.2 Å². The first-order valence-corrected chi connectivity index (χ1v) is 27.6. The summed E-state index contributed by atoms with van der Waals surface area (Å²) in [5.74, 6) is 0. The molecule has 0 saturated carbocycles. The summed E-state index contributed by atoms with van der Waals surface area (Å²) in [5.41, 5.74) is 15.4. The molecule has 9 aromatic rings. The third kappa shape index (κ3) is 5.64. The van der Waals surface area contributed by atoms with E-state index in [1.807, 2.05) is 0 Å². The lowest BCUT2D eigenvalue weighted by Crippen LogP contribution is -2.58. The molecule has 4 heteroatoms. The van der Waals surface area contributed by atoms with Crippen LogP contribution >= 0.6 is 10.0 Å². The van der Waals surface area contributed by atoms with E-state index < -0.39 is 18.1 Å². The third-order valence-corrected chi connectivity index (χ3v) is 20.9. The average molecular weight is 847 g/mol. The first-order chi connectivity index (χ1) is 30.5. The zero-order chi connectivity index (χ0) is 42.8. The van der Waals surface area contributed by atoms with Crippen molar-refractivity contribution in [2.24, 2.45) is 0 Å². The molecule has 0 spiro atoms. The minimum atomic E-state index is -1.83. The number of anilines is 6. The fraction of sp³-hybridized carbons (Fsp3) is 0.119. The molecule has 63 heavy (non-hydrogen) atoms. The van der Waals surface area contributed by atoms with Crippen molar-refractivity contribution in [3.05, 3.63) is 204 Å². The molecule has 2 nitrogen and oxygen atoms in total. The normalized spacial score (nSPS) is 16.5. The van der Waals surface area contributed by atoms with Crippen molar-refractivity contribution in [1.82, 2.24) is 0 Å². The SMILES string of the molecule is CC1(C)c2cc(C=Cc3ccc4c(ccc5cc(N6c7ccccc7[Si](C)(C)c7ccccc76)ccc54)c3)ccc2-c2ccc(N3c4ccccc4S(C)(C)c4ccccc43)cc21. The molecule has 0 N–H and O–H groups in total. The number of rotatable bonds is 4. The highest BCUT2D eigenvalue weighted by atomic mass is 32.3. The summed E-state index contributed by atoms with van der Waals surface area (Å²) in [4.78, 5) is 7.85. The number of benzene rings is 9. The van der Waals surface area contributed by atoms with Gasteiger partial charge < -0.3 is 9.80 Å². The number of para-hydroxylation sites is 4. The molecule has 3 aliphatic rings. The minimum Gasteiger partial charge on any atom is -0.311 e. The Balaban J connectivity index is 0.843. The molecule has 0 atom stereocenters. The van der Waals surface area contributed by atoms with Crippen LogP contribution in [0.2, 0.25) is 13.1 Å². The average Bonchev–Trinajstić information content (AvgIpc) is 3.53. The van der Waals surface area contributed by atoms with Gasteiger partial charge in [-0.2, -0.15) is 10.0 Å². The van der Waals surface area contributed by atoms with Crippen molar-refractivity contribution in [1.29, 1.82) is 0 Å². The van der Waals surface area contributed by atoms with E-state index in [2.05, 4.69) is 243 Å². The summed E-state index contributed by atoms with van der Waals surface area (Å²) in [6, 6.07) is 68.8. The summed E-state index contributed by atoms with van der Waals surface area (Å²) < 4.78 is 0. The fourth-order valence-electron chi connectivity index (χ4n) is 11.1. The summed E-state index contributed by atoms with van der Waals surface area (Å²) in [7, 11) is -2.97. The second kappa shape index (κ2) is 13.7. The van der Waals surface area contributed by atoms with E-state index in [1.54, 1.807) is 0 Å². The first kappa shape index (κ1) is 38.1. The van der Waals surface area contributed by atoms with E-state index >= 15 is 0 Å². The Kier molecular flexibility index (Phi) is 8.29. The molecule has 0 radical (unpaired) electrons. The van der Waals surface area contributed by atoms with Crippen molar-refractivity contribution in [2.45, 2.75) is 42.1 Å². The minimum absolute atomic E-state index is 0.146. The van der Waals surface area contributed by atoms with Crippen molar-refractivity contribution >= 4 is 96.3 Å². The Morgan fingerprint density at radius 1 is 0.444 bits per heavy atom. The fourth-order valence-corrected chi connectivity index (χ4v) is 16.5. The smallest absolute Gasteiger partial charge is 0.117 e. The van der Waals surface area contributed by atoms with Crippen LogP contribution in [0.1, 0.15) is 36.1 Å². The molecule has 2 heterocycles. The molecule has 12 rings (SSSR count). The zero-order valence-corrected chi connectivity index (χ0v) is 38.6. The van der Waals surface area contributed by atoms with E-state index in [4.69, 9.17) is 0 Å². The first-order valence-electron chi connectivity index (χ1n) is 22.1. The predicted molar refractivity (Wildman–Crippen MR) is 276 cm³/mol. The largest absolute Gasteiger partial charge is 0.311 e. The molecule has 0 amide bonds. The lowest BCUT2D eigenvalue weighted by Gasteiger charge is -2.45. The van der Waals surface area contributed by atoms with Crippen LogP contribution in [0, 0.1) is 0 Å². The van der Waals surface area contributed by atoms with Crippen molar-refractivity contribution in [3.63, 3.8) is 0 Å². The molecule has 0 saturated heterocycles. The lowest BCUT2D eigenvalue weighted by molar-refractivity contribution is 0.660. The predicted octanol–water partition coefficient (Wildman–Crippen LogP) is 15.3. The van der Waals surface area contributed by atoms with Crippen LogP contribution in [0.15, 0.2) is 192 Å². The standard InChI is InChI=1S/C59H50N2SSi/c1-59(2)49-36-40(26-32-47(49)48-34-30-44(38-50(48)59)60-51-15-7-11-19-55(51)62(3,4)56-20-12-8-16-52(56)60)24-23-39-25-31-45-41(35-39)27-28-42-37-43(29-33-46(42)45)61-53-17-9-13-21-57(53)63(5,6)58-22-14-10-18-54(58)61/h7-38H,1-6H3. The molecule has 1 aliphatic carbocycles. The third-order valence-electron chi connectivity index (χ3n) is 14.5. The lowest BCUT2D eigenvalue weighted by atomic mass is 9.81. The highest BCUT2D eigenvalue weighted by Gasteiger charge is 2.40. The number of fused-ring (bicyclic) bond motifs is 10. The molecule has 0 aromatic heterocycles. The van der Waals surface area contributed by atoms with E-state index in [-0.39, 0.29) is 5.41 Å². The maximum atomic E-state index is 2.50. The summed E-state index contributed by atoms with van der Waals surface area (Å²) >= 11 is 0. The van der Waals surface area contributed by atoms with Gasteiger partial charge in [-0.1, -0.05) is 154 Å². The van der Waals surface area contributed by atoms with E-state index in [0.717, 1.165) is 0 Å². The van der Waals surface area contributed by atoms with Crippen LogP contribution in [-0.4, -0.2) is 20.6 Å². The van der Waals surface area contributed by atoms with Gasteiger partial charge in [0.1, 0.15) is 8.07 Å². The van der Waals surface area contributed by atoms with Crippen LogP contribution in [0.3, 0.4) is 0 Å². The molecule has 2 aliphatic heterocycles. The highest BCUT2D eigenvalue weighted by molar-refractivity contribution is 8.33. The van der Waals surface area contributed by atoms with E-state index in [0.29, 0.717) is 0 Å². The van der Waals surface area contributed by atoms with Crippen LogP contribution in [-0.2, 0) is 5.41 Å². The number of hydrogen-bond donors (Lipinski definition) is 0. The van der Waals surface area contributed by atoms with Gasteiger partial charge in [0.05, 0.1) is 11.4 Å². The van der Waals surface area contributed by atoms with Crippen LogP contribution in [0.4, 0.5) is 34.1 Å². The molecule has 0 fully saturated rings. The monoisotopic (exact) mass is 846 g/mol. The molecular weight excluding hydrogens is 797 g/mol. The van der Waals surface area contributed by atoms with Crippen molar-refractivity contribution < 1.29 is 0 Å². The van der Waals surface area contributed by atoms with Gasteiger partial charge in [0, 0.05) is 38.0 Å². The van der Waals surface area contributed by atoms with Crippen LogP contribution in [0.25, 0.3) is 44.8 Å². The second-order valence-corrected chi connectivity index (χ2v) is 26.9. The van der Waals surface area contributed by atoms with Crippen molar-refractivity contribution in [2.75, 3.05) is 22.3 Å². The zero-order valence-electron chi connectivity index (χ0n) is 36.8. The van der Waals surface area contributed by atoms with E-state index in [1.165, 1.54) is 109 Å². The van der Waals surface area contributed by atoms with Gasteiger partial charge in [0.25, 0.3) is 0 Å². The highest BCUT2D eigenvalue weighted by Crippen LogP contribution is 2.67. The van der Waals surface area contributed by atoms with Crippen molar-refractivity contribution in [3.8, 4) is 11.1 Å². The molecule has 9 aromatic carbocycles. The Labute approximate surface area is 374 Å². The topological polar surface area (TPSA) is 6.48 Å². The molecule has 0 unspecified atom stereocenters. The summed E-state index contributed by atoms with van der Waals surface area (Å²) in [5, 5.41) is 8.04. The maximum Gasteiger partial charge on any atom is 0.117 e. The van der Waals surface area contributed by atoms with Gasteiger partial charge in [0.15, 0.2) is 0 Å². The Morgan fingerprint density at radius 3 is 1.52 bits per heavy atom. The second-order valence-electron chi connectivity index (χ2n) is 19.0. The maximum absolute atomic E-state index is 2.50. The number of nitrogens with zero attached hydrogens (tertiary/aromatic N) is 2. The quantitative estimate of drug-likeness (QED) is 0.0989. The van der Waals surface area contributed by atoms with Gasteiger partial charge in [-0.05, 0) is 145 Å². The Morgan fingerprint density at radius 2 is 0.889 bits per heavy atom. The summed E-state index contributed by atoms with van der Waals surface area (Å²) in [6.45, 7) is 9.75. The Bertz CT molecular complexity index is 3310. The van der Waals surface area contributed by atoms with Gasteiger partial charge in [-0.15, -0.1) is 0 Å². The van der Waals surface area contributed by atoms with E-state index in [9.17, 15) is 0 Å². The van der Waals surface area contributed by atoms with Gasteiger partial charge >= 0.3 is 0 Å². The van der Waals surface area contributed by atoms with Gasteiger partial charge in [-0.25, -0.2) is 0 Å². The number of hydrogen-bond acceptors (Lipinski definition) is 2. The Hall–Kier alpha value is -6.59. The molecule has 0 bridgehead atoms. The summed E-state index contributed by atoms with van der Waals surface area (Å²) in [6.07, 6.45) is 9.42.